The number of hydrogen-bond donors (Lipinski definition) is 0. The molecule has 0 radical (unpaired) electrons. The first kappa shape index (κ1) is 8.47. The normalized spacial score (nSPS) is 10.4. The zero-order chi connectivity index (χ0) is 6.95. The van der Waals surface area contributed by atoms with Gasteiger partial charge in [0.2, 0.25) is 0 Å². The predicted molar refractivity (Wildman–Crippen MR) is 39.6 cm³/mol. The van der Waals surface area contributed by atoms with E-state index in [2.05, 4.69) is 16.9 Å². The van der Waals surface area contributed by atoms with Gasteiger partial charge < -0.3 is 4.84 Å². The van der Waals surface area contributed by atoms with Crippen molar-refractivity contribution in [2.24, 2.45) is 5.16 Å². The summed E-state index contributed by atoms with van der Waals surface area (Å²) in [4.78, 5) is 4.49. The molecule has 0 aliphatic heterocycles. The summed E-state index contributed by atoms with van der Waals surface area (Å²) >= 11 is 0. The number of unbranched alkanes of at least 4 members (excludes halogenated alkanes) is 3. The van der Waals surface area contributed by atoms with E-state index in [0.717, 1.165) is 6.42 Å². The van der Waals surface area contributed by atoms with Crippen LogP contribution in [0.2, 0.25) is 0 Å². The SMILES string of the molecule is CCCCC/C=N/OC. The average Bonchev–Trinajstić information content (AvgIpc) is 1.89. The molecule has 0 fully saturated rings. The Kier molecular flexibility index (Phi) is 7.03. The molecule has 0 N–H and O–H groups in total. The Morgan fingerprint density at radius 1 is 1.44 bits per heavy atom. The van der Waals surface area contributed by atoms with Crippen LogP contribution in [0.25, 0.3) is 0 Å². The quantitative estimate of drug-likeness (QED) is 0.317. The first-order valence-corrected chi connectivity index (χ1v) is 3.46. The maximum absolute atomic E-state index is 4.49. The van der Waals surface area contributed by atoms with Crippen molar-refractivity contribution in [1.82, 2.24) is 0 Å². The van der Waals surface area contributed by atoms with Crippen LogP contribution in [0, 0.1) is 0 Å². The van der Waals surface area contributed by atoms with Crippen molar-refractivity contribution in [3.63, 3.8) is 0 Å². The van der Waals surface area contributed by atoms with E-state index in [9.17, 15) is 0 Å². The maximum Gasteiger partial charge on any atom is 0.106 e. The van der Waals surface area contributed by atoms with Crippen LogP contribution in [-0.2, 0) is 4.84 Å². The molecule has 54 valence electrons. The van der Waals surface area contributed by atoms with Crippen molar-refractivity contribution in [3.05, 3.63) is 0 Å². The largest absolute Gasteiger partial charge is 0.399 e. The van der Waals surface area contributed by atoms with E-state index in [4.69, 9.17) is 0 Å². The van der Waals surface area contributed by atoms with Gasteiger partial charge in [-0.05, 0) is 12.8 Å². The van der Waals surface area contributed by atoms with E-state index in [0.29, 0.717) is 0 Å². The van der Waals surface area contributed by atoms with Crippen molar-refractivity contribution >= 4 is 6.21 Å². The molecule has 0 amide bonds. The minimum absolute atomic E-state index is 1.04. The standard InChI is InChI=1S/C7H15NO/c1-3-4-5-6-7-8-9-2/h7H,3-6H2,1-2H3/b8-7+. The monoisotopic (exact) mass is 129 g/mol. The summed E-state index contributed by atoms with van der Waals surface area (Å²) in [6.45, 7) is 2.19. The number of nitrogens with zero attached hydrogens (tertiary/aromatic N) is 1. The zero-order valence-corrected chi connectivity index (χ0v) is 6.26. The van der Waals surface area contributed by atoms with Gasteiger partial charge in [0.1, 0.15) is 7.11 Å². The number of rotatable bonds is 5. The lowest BCUT2D eigenvalue weighted by Gasteiger charge is -1.89. The zero-order valence-electron chi connectivity index (χ0n) is 6.26. The molecule has 0 rings (SSSR count). The third-order valence-electron chi connectivity index (χ3n) is 1.12. The molecular weight excluding hydrogens is 114 g/mol. The Labute approximate surface area is 56.9 Å². The van der Waals surface area contributed by atoms with Gasteiger partial charge in [0.15, 0.2) is 0 Å². The summed E-state index contributed by atoms with van der Waals surface area (Å²) in [7, 11) is 1.57. The fourth-order valence-corrected chi connectivity index (χ4v) is 0.613. The third-order valence-corrected chi connectivity index (χ3v) is 1.12. The fraction of sp³-hybridized carbons (Fsp3) is 0.857. The summed E-state index contributed by atoms with van der Waals surface area (Å²) in [6, 6.07) is 0. The second-order valence-electron chi connectivity index (χ2n) is 1.97. The highest BCUT2D eigenvalue weighted by molar-refractivity contribution is 5.55. The van der Waals surface area contributed by atoms with Gasteiger partial charge in [0.25, 0.3) is 0 Å². The molecule has 0 aromatic rings. The highest BCUT2D eigenvalue weighted by atomic mass is 16.6. The summed E-state index contributed by atoms with van der Waals surface area (Å²) in [6.07, 6.45) is 6.64. The van der Waals surface area contributed by atoms with E-state index in [1.807, 2.05) is 6.21 Å². The highest BCUT2D eigenvalue weighted by Crippen LogP contribution is 1.95. The molecule has 0 spiro atoms. The molecule has 0 aromatic heterocycles. The predicted octanol–water partition coefficient (Wildman–Crippen LogP) is 2.20. The maximum atomic E-state index is 4.49. The van der Waals surface area contributed by atoms with Crippen LogP contribution in [0.4, 0.5) is 0 Å². The fourth-order valence-electron chi connectivity index (χ4n) is 0.613. The molecule has 0 saturated carbocycles. The van der Waals surface area contributed by atoms with E-state index < -0.39 is 0 Å². The molecule has 0 aromatic carbocycles. The minimum atomic E-state index is 1.04. The second-order valence-corrected chi connectivity index (χ2v) is 1.97. The summed E-state index contributed by atoms with van der Waals surface area (Å²) in [5.74, 6) is 0. The molecule has 9 heavy (non-hydrogen) atoms. The molecule has 0 aliphatic rings. The van der Waals surface area contributed by atoms with Gasteiger partial charge in [-0.15, -0.1) is 0 Å². The van der Waals surface area contributed by atoms with Crippen molar-refractivity contribution in [1.29, 1.82) is 0 Å². The topological polar surface area (TPSA) is 21.6 Å². The van der Waals surface area contributed by atoms with Crippen LogP contribution in [0.5, 0.6) is 0 Å². The van der Waals surface area contributed by atoms with Crippen LogP contribution in [0.1, 0.15) is 32.6 Å². The van der Waals surface area contributed by atoms with Gasteiger partial charge in [-0.2, -0.15) is 0 Å². The summed E-state index contributed by atoms with van der Waals surface area (Å²) in [5, 5.41) is 3.62. The van der Waals surface area contributed by atoms with Crippen molar-refractivity contribution in [3.8, 4) is 0 Å². The van der Waals surface area contributed by atoms with Crippen LogP contribution in [0.3, 0.4) is 0 Å². The smallest absolute Gasteiger partial charge is 0.106 e. The summed E-state index contributed by atoms with van der Waals surface area (Å²) in [5.41, 5.74) is 0. The third kappa shape index (κ3) is 7.47. The van der Waals surface area contributed by atoms with Crippen molar-refractivity contribution in [2.45, 2.75) is 32.6 Å². The Bertz CT molecular complexity index is 71.3. The number of hydrogen-bond acceptors (Lipinski definition) is 2. The highest BCUT2D eigenvalue weighted by Gasteiger charge is 1.80. The van der Waals surface area contributed by atoms with Crippen LogP contribution in [0.15, 0.2) is 5.16 Å². The van der Waals surface area contributed by atoms with Gasteiger partial charge in [-0.3, -0.25) is 0 Å². The molecule has 0 atom stereocenters. The lowest BCUT2D eigenvalue weighted by molar-refractivity contribution is 0.214. The summed E-state index contributed by atoms with van der Waals surface area (Å²) < 4.78 is 0. The van der Waals surface area contributed by atoms with Crippen molar-refractivity contribution in [2.75, 3.05) is 7.11 Å². The van der Waals surface area contributed by atoms with Gasteiger partial charge in [0.05, 0.1) is 0 Å². The lowest BCUT2D eigenvalue weighted by atomic mass is 10.2. The molecule has 2 heteroatoms. The molecule has 0 unspecified atom stereocenters. The molecule has 0 bridgehead atoms. The Morgan fingerprint density at radius 2 is 2.22 bits per heavy atom. The Morgan fingerprint density at radius 3 is 2.78 bits per heavy atom. The first-order chi connectivity index (χ1) is 4.41. The average molecular weight is 129 g/mol. The van der Waals surface area contributed by atoms with Gasteiger partial charge in [-0.1, -0.05) is 24.9 Å². The molecule has 2 nitrogen and oxygen atoms in total. The van der Waals surface area contributed by atoms with E-state index in [1.165, 1.54) is 19.3 Å². The molecule has 0 heterocycles. The Hall–Kier alpha value is -0.530. The van der Waals surface area contributed by atoms with Gasteiger partial charge >= 0.3 is 0 Å². The van der Waals surface area contributed by atoms with Crippen LogP contribution in [-0.4, -0.2) is 13.3 Å². The van der Waals surface area contributed by atoms with E-state index in [1.54, 1.807) is 7.11 Å². The van der Waals surface area contributed by atoms with Gasteiger partial charge in [0, 0.05) is 6.21 Å². The van der Waals surface area contributed by atoms with Gasteiger partial charge in [-0.25, -0.2) is 0 Å². The molecule has 0 aliphatic carbocycles. The Balaban J connectivity index is 2.82. The second kappa shape index (κ2) is 7.47. The van der Waals surface area contributed by atoms with E-state index >= 15 is 0 Å². The van der Waals surface area contributed by atoms with E-state index in [-0.39, 0.29) is 0 Å². The van der Waals surface area contributed by atoms with Crippen LogP contribution < -0.4 is 0 Å². The molecular formula is C7H15NO. The number of oxime groups is 1. The van der Waals surface area contributed by atoms with Crippen LogP contribution >= 0.6 is 0 Å². The first-order valence-electron chi connectivity index (χ1n) is 3.46. The lowest BCUT2D eigenvalue weighted by Crippen LogP contribution is -1.77. The van der Waals surface area contributed by atoms with Crippen molar-refractivity contribution < 1.29 is 4.84 Å². The molecule has 0 saturated heterocycles. The minimum Gasteiger partial charge on any atom is -0.399 e.